The molecule has 0 fully saturated rings. The van der Waals surface area contributed by atoms with E-state index in [1.165, 1.54) is 7.11 Å². The SMILES string of the molecule is [3H]P.[CH2-]C(N=[N+]=[N-])OC.[Nd]. The molecule has 0 saturated carbocycles. The molecule has 0 spiro atoms. The van der Waals surface area contributed by atoms with E-state index in [9.17, 15) is 0 Å². The summed E-state index contributed by atoms with van der Waals surface area (Å²) in [5.74, 6) is 0. The van der Waals surface area contributed by atoms with Crippen LogP contribution in [0.3, 0.4) is 0 Å². The number of nitrogens with zero attached hydrogens (tertiary/aromatic N) is 3. The molecule has 4 nitrogen and oxygen atoms in total. The fourth-order valence-corrected chi connectivity index (χ4v) is 0.105. The maximum atomic E-state index is 7.71. The van der Waals surface area contributed by atoms with Crippen LogP contribution in [0.25, 0.3) is 10.4 Å². The van der Waals surface area contributed by atoms with Crippen molar-refractivity contribution >= 4 is 9.84 Å². The van der Waals surface area contributed by atoms with E-state index in [1.807, 2.05) is 0 Å². The number of methoxy groups -OCH3 is 1. The van der Waals surface area contributed by atoms with Gasteiger partial charge in [-0.3, -0.25) is 0 Å². The molecule has 0 heterocycles. The predicted octanol–water partition coefficient (Wildman–Crippen LogP) is 1.16. The molecule has 9 heavy (non-hydrogen) atoms. The minimum Gasteiger partial charge on any atom is -0.408 e. The van der Waals surface area contributed by atoms with Crippen molar-refractivity contribution in [1.82, 2.24) is 0 Å². The van der Waals surface area contributed by atoms with Crippen LogP contribution in [-0.4, -0.2) is 14.6 Å². The zero-order chi connectivity index (χ0) is 7.70. The Morgan fingerprint density at radius 2 is 2.44 bits per heavy atom. The minimum atomic E-state index is -0.593. The molecule has 2 atom stereocenters. The fraction of sp³-hybridized carbons (Fsp3) is 0.667. The van der Waals surface area contributed by atoms with Gasteiger partial charge in [0.15, 0.2) is 0 Å². The molecule has 0 aliphatic rings. The second kappa shape index (κ2) is 11.8. The first kappa shape index (κ1) is 12.7. The van der Waals surface area contributed by atoms with Crippen LogP contribution >= 0.6 is 9.84 Å². The Morgan fingerprint density at radius 3 is 2.56 bits per heavy atom. The van der Waals surface area contributed by atoms with Gasteiger partial charge in [0.05, 0.1) is 1.28 Å². The molecule has 0 saturated heterocycles. The van der Waals surface area contributed by atoms with Gasteiger partial charge < -0.3 is 11.7 Å². The van der Waals surface area contributed by atoms with Gasteiger partial charge in [-0.1, -0.05) is 5.11 Å². The Labute approximate surface area is 91.8 Å². The quantitative estimate of drug-likeness (QED) is 0.246. The largest absolute Gasteiger partial charge is 0.408 e. The van der Waals surface area contributed by atoms with Crippen LogP contribution in [0, 0.1) is 47.8 Å². The Balaban J connectivity index is -0.000000149. The number of azide groups is 1. The van der Waals surface area contributed by atoms with Crippen molar-refractivity contribution in [3.8, 4) is 0 Å². The van der Waals surface area contributed by atoms with E-state index in [1.54, 1.807) is 9.84 Å². The van der Waals surface area contributed by atoms with E-state index in [0.717, 1.165) is 0 Å². The molecule has 52 valence electrons. The number of hydrogen-bond acceptors (Lipinski definition) is 2. The monoisotopic (exact) mass is 278 g/mol. The van der Waals surface area contributed by atoms with Crippen molar-refractivity contribution in [2.75, 3.05) is 7.11 Å². The summed E-state index contributed by atoms with van der Waals surface area (Å²) in [4.78, 5) is 2.44. The van der Waals surface area contributed by atoms with E-state index < -0.39 is 6.23 Å². The Hall–Kier alpha value is 1.05. The van der Waals surface area contributed by atoms with Gasteiger partial charge >= 0.3 is 0 Å². The summed E-state index contributed by atoms with van der Waals surface area (Å²) < 4.78 is 10.1. The van der Waals surface area contributed by atoms with E-state index in [0.29, 0.717) is 0 Å². The number of ether oxygens (including phenoxy) is 1. The average Bonchev–Trinajstić information content (AvgIpc) is 1.93. The standard InChI is InChI=1S/C3H6N3O.Nd.H3P/c1-3(7-2)5-6-4;;/h3H,1H2,2H3;;1H3/q-1;;/i;;1T. The van der Waals surface area contributed by atoms with Gasteiger partial charge in [0.2, 0.25) is 0 Å². The maximum absolute atomic E-state index is 7.71. The smallest absolute Gasteiger partial charge is 0.0511 e. The van der Waals surface area contributed by atoms with Crippen LogP contribution in [0.1, 0.15) is 0 Å². The zero-order valence-electron chi connectivity index (χ0n) is 6.11. The third-order valence-electron chi connectivity index (χ3n) is 0.453. The second-order valence-corrected chi connectivity index (χ2v) is 0.895. The Bertz CT molecular complexity index is 99.7. The molecule has 0 amide bonds. The Morgan fingerprint density at radius 1 is 2.00 bits per heavy atom. The first-order chi connectivity index (χ1) is 4.31. The van der Waals surface area contributed by atoms with E-state index in [-0.39, 0.29) is 40.8 Å². The van der Waals surface area contributed by atoms with Crippen LogP contribution in [0.2, 0.25) is 0 Å². The normalized spacial score (nSPS) is 10.3. The summed E-state index contributed by atoms with van der Waals surface area (Å²) >= 11 is 0. The van der Waals surface area contributed by atoms with E-state index >= 15 is 0 Å². The molecule has 0 radical (unpaired) electrons. The summed E-state index contributed by atoms with van der Waals surface area (Å²) in [6.07, 6.45) is -0.593. The summed E-state index contributed by atoms with van der Waals surface area (Å²) in [6.45, 7) is 3.30. The topological polar surface area (TPSA) is 58.0 Å². The van der Waals surface area contributed by atoms with Gasteiger partial charge in [0.1, 0.15) is 0 Å². The van der Waals surface area contributed by atoms with Crippen LogP contribution in [0.5, 0.6) is 0 Å². The number of hydrogen-bond donors (Lipinski definition) is 0. The molecular formula is C3H9N3NdOP-. The van der Waals surface area contributed by atoms with Gasteiger partial charge in [-0.2, -0.15) is 9.84 Å². The second-order valence-electron chi connectivity index (χ2n) is 0.895. The van der Waals surface area contributed by atoms with Crippen LogP contribution in [0.4, 0.5) is 0 Å². The average molecular weight is 280 g/mol. The molecule has 6 heteroatoms. The predicted molar refractivity (Wildman–Crippen MR) is 36.4 cm³/mol. The van der Waals surface area contributed by atoms with Crippen molar-refractivity contribution in [3.63, 3.8) is 0 Å². The molecule has 0 aromatic carbocycles. The molecule has 0 bridgehead atoms. The first-order valence-corrected chi connectivity index (χ1v) is 1.71. The third kappa shape index (κ3) is 12.3. The van der Waals surface area contributed by atoms with E-state index in [2.05, 4.69) is 21.7 Å². The molecule has 0 aliphatic carbocycles. The summed E-state index contributed by atoms with van der Waals surface area (Å²) in [5, 5.41) is 3.09. The van der Waals surface area contributed by atoms with Crippen molar-refractivity contribution in [2.24, 2.45) is 5.11 Å². The first-order valence-electron chi connectivity index (χ1n) is 2.29. The third-order valence-corrected chi connectivity index (χ3v) is 0.453. The summed E-state index contributed by atoms with van der Waals surface area (Å²) in [5.41, 5.74) is 7.71. The van der Waals surface area contributed by atoms with Gasteiger partial charge in [0, 0.05) is 59.1 Å². The molecule has 0 aliphatic heterocycles. The van der Waals surface area contributed by atoms with Gasteiger partial charge in [-0.05, 0) is 5.53 Å². The van der Waals surface area contributed by atoms with Gasteiger partial charge in [0.25, 0.3) is 0 Å². The zero-order valence-corrected chi connectivity index (χ0v) is 9.47. The van der Waals surface area contributed by atoms with Crippen molar-refractivity contribution in [3.05, 3.63) is 17.4 Å². The van der Waals surface area contributed by atoms with Crippen molar-refractivity contribution in [1.29, 1.82) is 1.28 Å². The summed E-state index contributed by atoms with van der Waals surface area (Å²) in [7, 11) is 3.09. The molecule has 2 unspecified atom stereocenters. The van der Waals surface area contributed by atoms with Crippen LogP contribution < -0.4 is 0 Å². The molecule has 0 aromatic rings. The maximum Gasteiger partial charge on any atom is 0.0511 e. The van der Waals surface area contributed by atoms with E-state index in [4.69, 9.17) is 6.81 Å². The van der Waals surface area contributed by atoms with Crippen molar-refractivity contribution < 1.29 is 45.6 Å². The molecule has 0 aromatic heterocycles. The molecule has 0 N–H and O–H groups in total. The van der Waals surface area contributed by atoms with Crippen molar-refractivity contribution in [2.45, 2.75) is 6.23 Å². The van der Waals surface area contributed by atoms with Crippen LogP contribution in [0.15, 0.2) is 5.11 Å². The minimum absolute atomic E-state index is 0. The molecule has 0 rings (SSSR count). The molecular weight excluding hydrogens is 269 g/mol. The number of rotatable bonds is 2. The summed E-state index contributed by atoms with van der Waals surface area (Å²) in [6, 6.07) is 0. The van der Waals surface area contributed by atoms with Gasteiger partial charge in [-0.25, -0.2) is 0 Å². The Kier molecular flexibility index (Phi) is 16.7. The van der Waals surface area contributed by atoms with Gasteiger partial charge in [-0.15, -0.1) is 0 Å². The fourth-order valence-electron chi connectivity index (χ4n) is 0.105. The van der Waals surface area contributed by atoms with Crippen LogP contribution in [-0.2, 0) is 4.74 Å².